The van der Waals surface area contributed by atoms with E-state index in [1.165, 1.54) is 24.5 Å². The first-order valence-electron chi connectivity index (χ1n) is 9.32. The molecular weight excluding hydrogens is 421 g/mol. The minimum Gasteiger partial charge on any atom is -0.406 e. The number of fused-ring (bicyclic) bond motifs is 3. The molecule has 0 aliphatic rings. The third-order valence-electron chi connectivity index (χ3n) is 5.04. The number of oxazole rings is 1. The van der Waals surface area contributed by atoms with Gasteiger partial charge in [-0.3, -0.25) is 9.97 Å². The van der Waals surface area contributed by atoms with E-state index in [0.29, 0.717) is 33.1 Å². The molecule has 0 N–H and O–H groups in total. The van der Waals surface area contributed by atoms with E-state index < -0.39 is 17.5 Å². The van der Waals surface area contributed by atoms with E-state index in [4.69, 9.17) is 9.68 Å². The van der Waals surface area contributed by atoms with Gasteiger partial charge >= 0.3 is 11.9 Å². The number of nitriles is 1. The van der Waals surface area contributed by atoms with Gasteiger partial charge in [0.25, 0.3) is 0 Å². The fourth-order valence-corrected chi connectivity index (χ4v) is 3.59. The second-order valence-corrected chi connectivity index (χ2v) is 7.03. The van der Waals surface area contributed by atoms with Gasteiger partial charge in [0.05, 0.1) is 28.5 Å². The van der Waals surface area contributed by atoms with Crippen LogP contribution in [0.2, 0.25) is 0 Å². The maximum Gasteiger partial charge on any atom is 0.424 e. The van der Waals surface area contributed by atoms with Crippen molar-refractivity contribution in [2.45, 2.75) is 6.18 Å². The number of rotatable bonds is 2. The highest BCUT2D eigenvalue weighted by Gasteiger charge is 2.31. The van der Waals surface area contributed by atoms with Gasteiger partial charge < -0.3 is 4.42 Å². The van der Waals surface area contributed by atoms with E-state index in [0.717, 1.165) is 16.7 Å². The molecule has 9 heteroatoms. The minimum atomic E-state index is -4.56. The SMILES string of the molecule is N#Cc1cncc(-c2ccc3ncc4oc(=O)n(-c5cccc(C(F)(F)F)c5)c4c3c2)c1. The zero-order valence-corrected chi connectivity index (χ0v) is 16.1. The van der Waals surface area contributed by atoms with Crippen LogP contribution in [-0.2, 0) is 6.18 Å². The Morgan fingerprint density at radius 2 is 1.84 bits per heavy atom. The predicted octanol–water partition coefficient (Wildman–Crippen LogP) is 5.08. The van der Waals surface area contributed by atoms with Gasteiger partial charge in [0.15, 0.2) is 5.58 Å². The van der Waals surface area contributed by atoms with Crippen LogP contribution in [0, 0.1) is 11.3 Å². The summed E-state index contributed by atoms with van der Waals surface area (Å²) in [5.41, 5.74) is 1.84. The van der Waals surface area contributed by atoms with Gasteiger partial charge in [-0.1, -0.05) is 12.1 Å². The van der Waals surface area contributed by atoms with Crippen molar-refractivity contribution in [2.24, 2.45) is 0 Å². The maximum atomic E-state index is 13.2. The van der Waals surface area contributed by atoms with Crippen molar-refractivity contribution < 1.29 is 17.6 Å². The van der Waals surface area contributed by atoms with Crippen LogP contribution in [0.4, 0.5) is 13.2 Å². The number of pyridine rings is 2. The summed E-state index contributed by atoms with van der Waals surface area (Å²) in [5, 5.41) is 9.64. The van der Waals surface area contributed by atoms with Crippen LogP contribution in [0.1, 0.15) is 11.1 Å². The molecule has 3 aromatic heterocycles. The van der Waals surface area contributed by atoms with E-state index in [9.17, 15) is 18.0 Å². The molecule has 3 heterocycles. The standard InChI is InChI=1S/C23H11F3N4O2/c24-23(25,26)16-2-1-3-17(8-16)30-21-18-7-14(15-6-13(9-27)10-28-11-15)4-5-19(18)29-12-20(21)32-22(30)31/h1-8,10-12H. The molecule has 0 bridgehead atoms. The zero-order valence-electron chi connectivity index (χ0n) is 16.1. The average Bonchev–Trinajstić information content (AvgIpc) is 3.14. The Kier molecular flexibility index (Phi) is 4.30. The van der Waals surface area contributed by atoms with Crippen LogP contribution in [0.25, 0.3) is 38.8 Å². The van der Waals surface area contributed by atoms with Gasteiger partial charge in [0, 0.05) is 23.3 Å². The Morgan fingerprint density at radius 1 is 1.00 bits per heavy atom. The van der Waals surface area contributed by atoms with Gasteiger partial charge in [-0.25, -0.2) is 9.36 Å². The van der Waals surface area contributed by atoms with Crippen LogP contribution in [0.3, 0.4) is 0 Å². The molecule has 0 fully saturated rings. The molecule has 0 saturated carbocycles. The highest BCUT2D eigenvalue weighted by molar-refractivity contribution is 6.03. The summed E-state index contributed by atoms with van der Waals surface area (Å²) in [7, 11) is 0. The van der Waals surface area contributed by atoms with Crippen molar-refractivity contribution in [1.82, 2.24) is 14.5 Å². The van der Waals surface area contributed by atoms with Gasteiger partial charge in [0.1, 0.15) is 11.6 Å². The molecule has 0 unspecified atom stereocenters. The van der Waals surface area contributed by atoms with Gasteiger partial charge in [-0.2, -0.15) is 18.4 Å². The smallest absolute Gasteiger partial charge is 0.406 e. The fraction of sp³-hybridized carbons (Fsp3) is 0.0435. The number of benzene rings is 2. The summed E-state index contributed by atoms with van der Waals surface area (Å²) >= 11 is 0. The third-order valence-corrected chi connectivity index (χ3v) is 5.04. The Morgan fingerprint density at radius 3 is 2.62 bits per heavy atom. The summed E-state index contributed by atoms with van der Waals surface area (Å²) in [6, 6.07) is 13.4. The van der Waals surface area contributed by atoms with E-state index >= 15 is 0 Å². The molecule has 156 valence electrons. The number of hydrogen-bond acceptors (Lipinski definition) is 5. The third kappa shape index (κ3) is 3.18. The summed E-state index contributed by atoms with van der Waals surface area (Å²) in [6.45, 7) is 0. The lowest BCUT2D eigenvalue weighted by atomic mass is 10.0. The molecule has 0 atom stereocenters. The molecule has 6 nitrogen and oxygen atoms in total. The average molecular weight is 432 g/mol. The number of hydrogen-bond donors (Lipinski definition) is 0. The van der Waals surface area contributed by atoms with E-state index in [1.807, 2.05) is 6.07 Å². The van der Waals surface area contributed by atoms with Crippen molar-refractivity contribution in [3.63, 3.8) is 0 Å². The van der Waals surface area contributed by atoms with Gasteiger partial charge in [0.2, 0.25) is 0 Å². The molecule has 0 aliphatic heterocycles. The number of nitrogens with zero attached hydrogens (tertiary/aromatic N) is 4. The largest absolute Gasteiger partial charge is 0.424 e. The summed E-state index contributed by atoms with van der Waals surface area (Å²) in [5.74, 6) is -0.827. The number of aromatic nitrogens is 3. The quantitative estimate of drug-likeness (QED) is 0.388. The topological polar surface area (TPSA) is 84.7 Å². The Hall–Kier alpha value is -4.45. The van der Waals surface area contributed by atoms with Crippen LogP contribution in [0.5, 0.6) is 0 Å². The van der Waals surface area contributed by atoms with Crippen LogP contribution < -0.4 is 5.76 Å². The summed E-state index contributed by atoms with van der Waals surface area (Å²) < 4.78 is 46.1. The maximum absolute atomic E-state index is 13.2. The molecule has 0 saturated heterocycles. The van der Waals surface area contributed by atoms with Gasteiger partial charge in [-0.15, -0.1) is 0 Å². The van der Waals surface area contributed by atoms with Crippen molar-refractivity contribution >= 4 is 22.0 Å². The molecule has 5 rings (SSSR count). The summed E-state index contributed by atoms with van der Waals surface area (Å²) in [6.07, 6.45) is -0.175. The molecule has 0 aliphatic carbocycles. The van der Waals surface area contributed by atoms with E-state index in [2.05, 4.69) is 9.97 Å². The Balaban J connectivity index is 1.80. The first-order valence-corrected chi connectivity index (χ1v) is 9.32. The lowest BCUT2D eigenvalue weighted by Crippen LogP contribution is -2.13. The molecule has 2 aromatic carbocycles. The first-order chi connectivity index (χ1) is 15.3. The molecule has 0 spiro atoms. The monoisotopic (exact) mass is 432 g/mol. The summed E-state index contributed by atoms with van der Waals surface area (Å²) in [4.78, 5) is 21.0. The van der Waals surface area contributed by atoms with Crippen molar-refractivity contribution in [3.8, 4) is 22.9 Å². The fourth-order valence-electron chi connectivity index (χ4n) is 3.59. The second-order valence-electron chi connectivity index (χ2n) is 7.03. The van der Waals surface area contributed by atoms with Crippen molar-refractivity contribution in [2.75, 3.05) is 0 Å². The minimum absolute atomic E-state index is 0.0228. The van der Waals surface area contributed by atoms with E-state index in [1.54, 1.807) is 30.5 Å². The highest BCUT2D eigenvalue weighted by atomic mass is 19.4. The van der Waals surface area contributed by atoms with Crippen LogP contribution in [0.15, 0.2) is 76.3 Å². The van der Waals surface area contributed by atoms with E-state index in [-0.39, 0.29) is 11.3 Å². The Bertz CT molecular complexity index is 1610. The number of halogens is 3. The Labute approximate surface area is 177 Å². The first kappa shape index (κ1) is 19.5. The molecule has 0 amide bonds. The molecular formula is C23H11F3N4O2. The lowest BCUT2D eigenvalue weighted by molar-refractivity contribution is -0.137. The number of alkyl halides is 3. The molecule has 5 aromatic rings. The lowest BCUT2D eigenvalue weighted by Gasteiger charge is -2.10. The van der Waals surface area contributed by atoms with Crippen LogP contribution in [-0.4, -0.2) is 14.5 Å². The predicted molar refractivity (Wildman–Crippen MR) is 110 cm³/mol. The van der Waals surface area contributed by atoms with Crippen molar-refractivity contribution in [1.29, 1.82) is 5.26 Å². The molecule has 0 radical (unpaired) electrons. The van der Waals surface area contributed by atoms with Crippen LogP contribution >= 0.6 is 0 Å². The molecule has 32 heavy (non-hydrogen) atoms. The highest BCUT2D eigenvalue weighted by Crippen LogP contribution is 2.33. The van der Waals surface area contributed by atoms with Gasteiger partial charge in [-0.05, 0) is 42.0 Å². The van der Waals surface area contributed by atoms with Crippen molar-refractivity contribution in [3.05, 3.63) is 88.8 Å². The normalized spacial score (nSPS) is 11.7. The second kappa shape index (κ2) is 7.06. The zero-order chi connectivity index (χ0) is 22.5.